The summed E-state index contributed by atoms with van der Waals surface area (Å²) >= 11 is 0. The first-order valence-corrected chi connectivity index (χ1v) is 13.5. The third kappa shape index (κ3) is 2.87. The van der Waals surface area contributed by atoms with E-state index >= 15 is 0 Å². The molecular weight excluding hydrogens is 404 g/mol. The van der Waals surface area contributed by atoms with E-state index in [4.69, 9.17) is 9.47 Å². The van der Waals surface area contributed by atoms with Crippen LogP contribution in [-0.2, 0) is 9.47 Å². The van der Waals surface area contributed by atoms with Crippen LogP contribution in [0.3, 0.4) is 0 Å². The predicted octanol–water partition coefficient (Wildman–Crippen LogP) is 3.74. The quantitative estimate of drug-likeness (QED) is 0.570. The van der Waals surface area contributed by atoms with Crippen molar-refractivity contribution in [3.63, 3.8) is 0 Å². The Hall–Kier alpha value is -0.200. The normalized spacial score (nSPS) is 61.7. The maximum Gasteiger partial charge on any atom is 0.171 e. The fourth-order valence-electron chi connectivity index (χ4n) is 10.4. The summed E-state index contributed by atoms with van der Waals surface area (Å²) in [5.41, 5.74) is 0.474. The van der Waals surface area contributed by atoms with Gasteiger partial charge in [-0.2, -0.15) is 0 Å². The van der Waals surface area contributed by atoms with Crippen LogP contribution in [-0.4, -0.2) is 52.6 Å². The summed E-state index contributed by atoms with van der Waals surface area (Å²) in [7, 11) is 0. The minimum Gasteiger partial charge on any atom is -0.396 e. The fourth-order valence-corrected chi connectivity index (χ4v) is 10.4. The van der Waals surface area contributed by atoms with Gasteiger partial charge in [0, 0.05) is 24.9 Å². The summed E-state index contributed by atoms with van der Waals surface area (Å²) in [6.45, 7) is 8.21. The summed E-state index contributed by atoms with van der Waals surface area (Å²) in [6.07, 6.45) is 8.83. The van der Waals surface area contributed by atoms with Gasteiger partial charge in [0.25, 0.3) is 0 Å². The largest absolute Gasteiger partial charge is 0.396 e. The first-order valence-electron chi connectivity index (χ1n) is 13.5. The molecule has 13 atom stereocenters. The Bertz CT molecular complexity index is 734. The van der Waals surface area contributed by atoms with Crippen molar-refractivity contribution < 1.29 is 24.8 Å². The number of aliphatic hydroxyl groups is 3. The Morgan fingerprint density at radius 1 is 0.906 bits per heavy atom. The van der Waals surface area contributed by atoms with Gasteiger partial charge in [-0.05, 0) is 91.8 Å². The van der Waals surface area contributed by atoms with Gasteiger partial charge in [-0.25, -0.2) is 0 Å². The molecule has 3 N–H and O–H groups in total. The number of ether oxygens (including phenoxy) is 2. The third-order valence-electron chi connectivity index (χ3n) is 12.1. The van der Waals surface area contributed by atoms with E-state index in [-0.39, 0.29) is 17.9 Å². The Morgan fingerprint density at radius 2 is 1.72 bits per heavy atom. The second-order valence-corrected chi connectivity index (χ2v) is 13.2. The van der Waals surface area contributed by atoms with Gasteiger partial charge in [-0.1, -0.05) is 20.8 Å². The molecule has 2 saturated heterocycles. The van der Waals surface area contributed by atoms with Crippen LogP contribution in [0.1, 0.15) is 78.6 Å². The van der Waals surface area contributed by atoms with Crippen LogP contribution in [0.15, 0.2) is 0 Å². The average molecular weight is 449 g/mol. The van der Waals surface area contributed by atoms with Gasteiger partial charge >= 0.3 is 0 Å². The molecule has 6 fully saturated rings. The molecule has 2 heterocycles. The van der Waals surface area contributed by atoms with Crippen molar-refractivity contribution in [1.29, 1.82) is 0 Å². The zero-order valence-electron chi connectivity index (χ0n) is 20.2. The van der Waals surface area contributed by atoms with Crippen LogP contribution in [0.4, 0.5) is 0 Å². The SMILES string of the molecule is C[C@H]1[C@H]2[C@H](C[C@H]3[C@@H]4CC[C@@H]5C[C@H](O)[C@@H](O)C[C@]5(C)[C@H]4CC[C@]23C)O[C@]12CC[C@H](CO)CO2. The van der Waals surface area contributed by atoms with E-state index in [1.165, 1.54) is 25.7 Å². The zero-order valence-corrected chi connectivity index (χ0v) is 20.2. The highest BCUT2D eigenvalue weighted by Gasteiger charge is 2.69. The molecule has 4 saturated carbocycles. The molecular formula is C27H44O5. The highest BCUT2D eigenvalue weighted by molar-refractivity contribution is 5.15. The predicted molar refractivity (Wildman–Crippen MR) is 121 cm³/mol. The number of hydrogen-bond donors (Lipinski definition) is 3. The van der Waals surface area contributed by atoms with Crippen molar-refractivity contribution in [2.24, 2.45) is 52.3 Å². The van der Waals surface area contributed by atoms with Crippen molar-refractivity contribution in [3.05, 3.63) is 0 Å². The zero-order chi connectivity index (χ0) is 22.5. The van der Waals surface area contributed by atoms with E-state index in [0.717, 1.165) is 38.0 Å². The Morgan fingerprint density at radius 3 is 2.44 bits per heavy atom. The van der Waals surface area contributed by atoms with E-state index in [2.05, 4.69) is 20.8 Å². The first kappa shape index (κ1) is 22.3. The van der Waals surface area contributed by atoms with E-state index in [1.54, 1.807) is 0 Å². The molecule has 0 bridgehead atoms. The topological polar surface area (TPSA) is 79.2 Å². The molecule has 32 heavy (non-hydrogen) atoms. The number of aliphatic hydroxyl groups excluding tert-OH is 3. The molecule has 5 heteroatoms. The second-order valence-electron chi connectivity index (χ2n) is 13.2. The number of hydrogen-bond acceptors (Lipinski definition) is 5. The van der Waals surface area contributed by atoms with Gasteiger partial charge in [0.2, 0.25) is 0 Å². The minimum absolute atomic E-state index is 0.167. The lowest BCUT2D eigenvalue weighted by Crippen LogP contribution is -2.57. The average Bonchev–Trinajstić information content (AvgIpc) is 3.20. The lowest BCUT2D eigenvalue weighted by Gasteiger charge is -2.61. The Kier molecular flexibility index (Phi) is 5.15. The Labute approximate surface area is 193 Å². The number of fused-ring (bicyclic) bond motifs is 7. The molecule has 0 aromatic rings. The molecule has 0 aromatic heterocycles. The van der Waals surface area contributed by atoms with Crippen LogP contribution in [0, 0.1) is 52.3 Å². The van der Waals surface area contributed by atoms with Crippen LogP contribution >= 0.6 is 0 Å². The molecule has 6 rings (SSSR count). The van der Waals surface area contributed by atoms with Gasteiger partial charge in [0.1, 0.15) is 0 Å². The van der Waals surface area contributed by atoms with Gasteiger partial charge in [0.15, 0.2) is 5.79 Å². The summed E-state index contributed by atoms with van der Waals surface area (Å²) < 4.78 is 13.2. The van der Waals surface area contributed by atoms with Crippen LogP contribution < -0.4 is 0 Å². The van der Waals surface area contributed by atoms with Crippen molar-refractivity contribution >= 4 is 0 Å². The minimum atomic E-state index is -0.555. The third-order valence-corrected chi connectivity index (χ3v) is 12.1. The molecule has 0 unspecified atom stereocenters. The number of rotatable bonds is 1. The maximum absolute atomic E-state index is 10.6. The summed E-state index contributed by atoms with van der Waals surface area (Å²) in [5.74, 6) is 3.44. The van der Waals surface area contributed by atoms with Crippen LogP contribution in [0.5, 0.6) is 0 Å². The second kappa shape index (κ2) is 7.40. The molecule has 0 radical (unpaired) electrons. The molecule has 0 amide bonds. The Balaban J connectivity index is 1.24. The molecule has 2 aliphatic heterocycles. The molecule has 4 aliphatic carbocycles. The van der Waals surface area contributed by atoms with E-state index in [9.17, 15) is 15.3 Å². The molecule has 6 aliphatic rings. The molecule has 5 nitrogen and oxygen atoms in total. The van der Waals surface area contributed by atoms with Gasteiger partial charge in [-0.3, -0.25) is 0 Å². The van der Waals surface area contributed by atoms with Crippen LogP contribution in [0.25, 0.3) is 0 Å². The lowest BCUT2D eigenvalue weighted by molar-refractivity contribution is -0.276. The summed E-state index contributed by atoms with van der Waals surface area (Å²) in [4.78, 5) is 0. The first-order chi connectivity index (χ1) is 15.2. The van der Waals surface area contributed by atoms with Gasteiger partial charge in [0.05, 0.1) is 24.9 Å². The van der Waals surface area contributed by atoms with Crippen molar-refractivity contribution in [2.45, 2.75) is 103 Å². The van der Waals surface area contributed by atoms with Gasteiger partial charge in [-0.15, -0.1) is 0 Å². The molecule has 1 spiro atoms. The summed E-state index contributed by atoms with van der Waals surface area (Å²) in [5, 5.41) is 30.4. The summed E-state index contributed by atoms with van der Waals surface area (Å²) in [6, 6.07) is 0. The smallest absolute Gasteiger partial charge is 0.171 e. The lowest BCUT2D eigenvalue weighted by atomic mass is 9.44. The van der Waals surface area contributed by atoms with Crippen molar-refractivity contribution in [3.8, 4) is 0 Å². The van der Waals surface area contributed by atoms with E-state index < -0.39 is 18.0 Å². The molecule has 0 aromatic carbocycles. The fraction of sp³-hybridized carbons (Fsp3) is 1.00. The van der Waals surface area contributed by atoms with E-state index in [0.29, 0.717) is 47.7 Å². The van der Waals surface area contributed by atoms with E-state index in [1.807, 2.05) is 0 Å². The van der Waals surface area contributed by atoms with Crippen LogP contribution in [0.2, 0.25) is 0 Å². The molecule has 182 valence electrons. The highest BCUT2D eigenvalue weighted by atomic mass is 16.7. The standard InChI is InChI=1S/C27H44O5/c1-15-24-23(32-27(15)9-6-16(13-28)14-31-27)11-20-18-5-4-17-10-21(29)22(30)12-26(17,3)19(18)7-8-25(20,24)2/h15-24,28-30H,4-14H2,1-3H3/t15-,16+,17+,18+,19-,20-,21-,22-,23-,24-,25-,26-,27+/m0/s1. The highest BCUT2D eigenvalue weighted by Crippen LogP contribution is 2.71. The maximum atomic E-state index is 10.6. The van der Waals surface area contributed by atoms with Crippen molar-refractivity contribution in [1.82, 2.24) is 0 Å². The monoisotopic (exact) mass is 448 g/mol. The van der Waals surface area contributed by atoms with Gasteiger partial charge < -0.3 is 24.8 Å². The van der Waals surface area contributed by atoms with Crippen molar-refractivity contribution in [2.75, 3.05) is 13.2 Å².